The van der Waals surface area contributed by atoms with Crippen LogP contribution in [0.1, 0.15) is 17.1 Å². The summed E-state index contributed by atoms with van der Waals surface area (Å²) in [5, 5.41) is 0. The van der Waals surface area contributed by atoms with Gasteiger partial charge in [0, 0.05) is 11.9 Å². The average molecular weight is 367 g/mol. The molecule has 0 atom stereocenters. The monoisotopic (exact) mass is 367 g/mol. The van der Waals surface area contributed by atoms with Gasteiger partial charge in [0.05, 0.1) is 5.56 Å². The predicted octanol–water partition coefficient (Wildman–Crippen LogP) is 3.51. The molecular weight excluding hydrogens is 358 g/mol. The summed E-state index contributed by atoms with van der Waals surface area (Å²) in [7, 11) is 0. The van der Waals surface area contributed by atoms with Crippen LogP contribution in [0.25, 0.3) is 5.82 Å². The van der Waals surface area contributed by atoms with E-state index in [-0.39, 0.29) is 5.82 Å². The van der Waals surface area contributed by atoms with Gasteiger partial charge in [-0.05, 0) is 48.6 Å². The Morgan fingerprint density at radius 1 is 1.17 bits per heavy atom. The van der Waals surface area contributed by atoms with Crippen molar-refractivity contribution < 1.29 is 13.2 Å². The highest BCUT2D eigenvalue weighted by molar-refractivity contribution is 14.1. The van der Waals surface area contributed by atoms with E-state index in [0.717, 1.165) is 12.1 Å². The molecule has 0 saturated carbocycles. The quantitative estimate of drug-likeness (QED) is 0.723. The van der Waals surface area contributed by atoms with Crippen molar-refractivity contribution in [3.8, 4) is 5.82 Å². The molecule has 0 aliphatic rings. The van der Waals surface area contributed by atoms with Crippen LogP contribution in [-0.2, 0) is 6.18 Å². The third-order valence-electron chi connectivity index (χ3n) is 2.37. The number of pyridine rings is 1. The first-order valence-electron chi connectivity index (χ1n) is 5.05. The standard InChI is InChI=1S/C11H9F3IN3/c1-6-3-8(11(12,13)14)4-10(16-6)18-5-9(15)17-7(18)2/h3-5H,1-2H3. The lowest BCUT2D eigenvalue weighted by Crippen LogP contribution is -2.09. The van der Waals surface area contributed by atoms with Crippen LogP contribution in [0.4, 0.5) is 13.2 Å². The molecule has 96 valence electrons. The zero-order valence-electron chi connectivity index (χ0n) is 9.59. The van der Waals surface area contributed by atoms with Crippen LogP contribution in [0.3, 0.4) is 0 Å². The number of aromatic nitrogens is 3. The third kappa shape index (κ3) is 2.65. The second kappa shape index (κ2) is 4.52. The predicted molar refractivity (Wildman–Crippen MR) is 68.6 cm³/mol. The van der Waals surface area contributed by atoms with E-state index in [9.17, 15) is 13.2 Å². The lowest BCUT2D eigenvalue weighted by atomic mass is 10.2. The number of hydrogen-bond acceptors (Lipinski definition) is 2. The van der Waals surface area contributed by atoms with Crippen molar-refractivity contribution in [2.75, 3.05) is 0 Å². The van der Waals surface area contributed by atoms with Crippen LogP contribution in [0.15, 0.2) is 18.3 Å². The van der Waals surface area contributed by atoms with E-state index < -0.39 is 11.7 Å². The Morgan fingerprint density at radius 3 is 2.33 bits per heavy atom. The average Bonchev–Trinajstić information content (AvgIpc) is 2.55. The molecule has 0 amide bonds. The van der Waals surface area contributed by atoms with Gasteiger partial charge >= 0.3 is 6.18 Å². The summed E-state index contributed by atoms with van der Waals surface area (Å²) in [6, 6.07) is 2.05. The molecule has 0 aromatic carbocycles. The molecular formula is C11H9F3IN3. The van der Waals surface area contributed by atoms with E-state index in [0.29, 0.717) is 15.2 Å². The molecule has 7 heteroatoms. The summed E-state index contributed by atoms with van der Waals surface area (Å²) in [5.74, 6) is 0.834. The molecule has 3 nitrogen and oxygen atoms in total. The van der Waals surface area contributed by atoms with E-state index in [1.807, 2.05) is 22.6 Å². The zero-order chi connectivity index (χ0) is 13.5. The number of aryl methyl sites for hydroxylation is 2. The van der Waals surface area contributed by atoms with E-state index in [4.69, 9.17) is 0 Å². The van der Waals surface area contributed by atoms with Gasteiger partial charge in [0.1, 0.15) is 15.3 Å². The minimum atomic E-state index is -4.37. The maximum Gasteiger partial charge on any atom is 0.416 e. The van der Waals surface area contributed by atoms with Crippen molar-refractivity contribution in [3.63, 3.8) is 0 Å². The molecule has 0 radical (unpaired) electrons. The molecule has 0 N–H and O–H groups in total. The van der Waals surface area contributed by atoms with E-state index in [1.54, 1.807) is 17.7 Å². The Morgan fingerprint density at radius 2 is 1.83 bits per heavy atom. The minimum Gasteiger partial charge on any atom is -0.287 e. The molecule has 2 aromatic rings. The highest BCUT2D eigenvalue weighted by Crippen LogP contribution is 2.30. The summed E-state index contributed by atoms with van der Waals surface area (Å²) >= 11 is 2.00. The summed E-state index contributed by atoms with van der Waals surface area (Å²) < 4.78 is 40.4. The van der Waals surface area contributed by atoms with Crippen LogP contribution in [-0.4, -0.2) is 14.5 Å². The van der Waals surface area contributed by atoms with Crippen LogP contribution in [0.2, 0.25) is 0 Å². The highest BCUT2D eigenvalue weighted by Gasteiger charge is 2.31. The normalized spacial score (nSPS) is 11.9. The van der Waals surface area contributed by atoms with Gasteiger partial charge in [-0.1, -0.05) is 0 Å². The number of nitrogens with zero attached hydrogens (tertiary/aromatic N) is 3. The van der Waals surface area contributed by atoms with Crippen LogP contribution in [0.5, 0.6) is 0 Å². The lowest BCUT2D eigenvalue weighted by Gasteiger charge is -2.11. The van der Waals surface area contributed by atoms with Crippen molar-refractivity contribution in [2.45, 2.75) is 20.0 Å². The molecule has 0 saturated heterocycles. The van der Waals surface area contributed by atoms with Crippen LogP contribution < -0.4 is 0 Å². The number of imidazole rings is 1. The Balaban J connectivity index is 2.59. The number of alkyl halides is 3. The summed E-state index contributed by atoms with van der Waals surface area (Å²) in [6.45, 7) is 3.26. The molecule has 0 aliphatic heterocycles. The van der Waals surface area contributed by atoms with E-state index >= 15 is 0 Å². The summed E-state index contributed by atoms with van der Waals surface area (Å²) in [5.41, 5.74) is -0.379. The lowest BCUT2D eigenvalue weighted by molar-refractivity contribution is -0.137. The number of rotatable bonds is 1. The molecule has 2 heterocycles. The maximum atomic E-state index is 12.7. The Kier molecular flexibility index (Phi) is 3.35. The molecule has 2 aromatic heterocycles. The zero-order valence-corrected chi connectivity index (χ0v) is 11.7. The highest BCUT2D eigenvalue weighted by atomic mass is 127. The molecule has 2 rings (SSSR count). The molecule has 0 bridgehead atoms. The van der Waals surface area contributed by atoms with Crippen LogP contribution in [0, 0.1) is 17.5 Å². The Labute approximate surface area is 115 Å². The van der Waals surface area contributed by atoms with E-state index in [2.05, 4.69) is 9.97 Å². The van der Waals surface area contributed by atoms with Crippen molar-refractivity contribution >= 4 is 22.6 Å². The van der Waals surface area contributed by atoms with Gasteiger partial charge in [0.2, 0.25) is 0 Å². The fraction of sp³-hybridized carbons (Fsp3) is 0.273. The van der Waals surface area contributed by atoms with Gasteiger partial charge in [0.25, 0.3) is 0 Å². The maximum absolute atomic E-state index is 12.7. The second-order valence-corrected chi connectivity index (χ2v) is 4.94. The molecule has 0 unspecified atom stereocenters. The van der Waals surface area contributed by atoms with Gasteiger partial charge in [-0.25, -0.2) is 9.97 Å². The first-order valence-corrected chi connectivity index (χ1v) is 6.13. The van der Waals surface area contributed by atoms with Crippen LogP contribution >= 0.6 is 22.6 Å². The first-order chi connectivity index (χ1) is 8.27. The van der Waals surface area contributed by atoms with Gasteiger partial charge in [-0.15, -0.1) is 0 Å². The molecule has 0 fully saturated rings. The number of hydrogen-bond donors (Lipinski definition) is 0. The fourth-order valence-corrected chi connectivity index (χ4v) is 2.23. The Hall–Kier alpha value is -1.12. The third-order valence-corrected chi connectivity index (χ3v) is 2.89. The van der Waals surface area contributed by atoms with Crippen molar-refractivity contribution in [1.29, 1.82) is 0 Å². The van der Waals surface area contributed by atoms with Crippen molar-refractivity contribution in [1.82, 2.24) is 14.5 Å². The summed E-state index contributed by atoms with van der Waals surface area (Å²) in [4.78, 5) is 8.25. The Bertz CT molecular complexity index is 590. The molecule has 0 aliphatic carbocycles. The smallest absolute Gasteiger partial charge is 0.287 e. The number of halogens is 4. The van der Waals surface area contributed by atoms with Gasteiger partial charge < -0.3 is 0 Å². The molecule has 0 spiro atoms. The van der Waals surface area contributed by atoms with Crippen molar-refractivity contribution in [3.05, 3.63) is 39.1 Å². The summed E-state index contributed by atoms with van der Waals surface area (Å²) in [6.07, 6.45) is -2.72. The first kappa shape index (κ1) is 13.3. The fourth-order valence-electron chi connectivity index (χ4n) is 1.61. The van der Waals surface area contributed by atoms with Gasteiger partial charge in [0.15, 0.2) is 0 Å². The van der Waals surface area contributed by atoms with E-state index in [1.165, 1.54) is 6.92 Å². The SMILES string of the molecule is Cc1cc(C(F)(F)F)cc(-n2cc(I)nc2C)n1. The topological polar surface area (TPSA) is 30.7 Å². The van der Waals surface area contributed by atoms with Gasteiger partial charge in [-0.3, -0.25) is 4.57 Å². The largest absolute Gasteiger partial charge is 0.416 e. The minimum absolute atomic E-state index is 0.232. The van der Waals surface area contributed by atoms with Crippen molar-refractivity contribution in [2.24, 2.45) is 0 Å². The molecule has 18 heavy (non-hydrogen) atoms. The van der Waals surface area contributed by atoms with Gasteiger partial charge in [-0.2, -0.15) is 13.2 Å². The second-order valence-electron chi connectivity index (χ2n) is 3.83.